The van der Waals surface area contributed by atoms with Crippen molar-refractivity contribution in [1.82, 2.24) is 0 Å². The van der Waals surface area contributed by atoms with E-state index >= 15 is 0 Å². The first-order valence-corrected chi connectivity index (χ1v) is 18.3. The molecule has 0 N–H and O–H groups in total. The zero-order valence-corrected chi connectivity index (χ0v) is 32.1. The van der Waals surface area contributed by atoms with Gasteiger partial charge in [0.1, 0.15) is 0 Å². The number of benzene rings is 5. The molecule has 0 aliphatic rings. The minimum atomic E-state index is 0. The van der Waals surface area contributed by atoms with Gasteiger partial charge in [-0.15, -0.1) is 93.4 Å². The first-order valence-electron chi connectivity index (χ1n) is 14.1. The van der Waals surface area contributed by atoms with Crippen molar-refractivity contribution in [2.75, 3.05) is 0 Å². The molecule has 0 aliphatic heterocycles. The number of aryl methyl sites for hydroxylation is 2. The van der Waals surface area contributed by atoms with E-state index in [1.807, 2.05) is 0 Å². The summed E-state index contributed by atoms with van der Waals surface area (Å²) in [6.45, 7) is 11.9. The van der Waals surface area contributed by atoms with Crippen LogP contribution in [0.1, 0.15) is 36.5 Å². The summed E-state index contributed by atoms with van der Waals surface area (Å²) in [5.74, 6) is 0.584. The van der Waals surface area contributed by atoms with Crippen molar-refractivity contribution in [2.45, 2.75) is 33.6 Å². The monoisotopic (exact) mass is 722 g/mol. The van der Waals surface area contributed by atoms with Crippen LogP contribution in [-0.4, -0.2) is 6.88 Å². The molecule has 0 saturated heterocycles. The standard InChI is InChI=1S/C21H17.C18H17.2CH3.2ClH.Si.Zr/c1-14-11-20-15(2)7-10-19(21(20)12-14)18-9-8-16-5-3-4-6-17(16)13-18;1-13(2)16-11-15-9-6-10-17(18(15)12-16)14-7-4-3-5-8-14;;;;;;/h3-13H,1-2H3;3-13H,1-2H3;2*1H3;2*1H;;/q4*-1;;;;. The first-order chi connectivity index (χ1) is 20.0. The normalized spacial score (nSPS) is 9.87. The van der Waals surface area contributed by atoms with Gasteiger partial charge in [-0.1, -0.05) is 118 Å². The molecule has 0 unspecified atom stereocenters. The molecule has 0 heterocycles. The van der Waals surface area contributed by atoms with Crippen LogP contribution in [0.4, 0.5) is 0 Å². The van der Waals surface area contributed by atoms with Crippen molar-refractivity contribution < 1.29 is 23.3 Å². The van der Waals surface area contributed by atoms with E-state index in [9.17, 15) is 0 Å². The van der Waals surface area contributed by atoms with Crippen molar-refractivity contribution in [3.63, 3.8) is 0 Å². The Bertz CT molecular complexity index is 1930. The third-order valence-corrected chi connectivity index (χ3v) is 7.83. The van der Waals surface area contributed by atoms with Crippen molar-refractivity contribution in [2.24, 2.45) is 0 Å². The first kappa shape index (κ1) is 40.3. The van der Waals surface area contributed by atoms with Crippen molar-refractivity contribution in [3.8, 4) is 22.3 Å². The van der Waals surface area contributed by atoms with E-state index in [2.05, 4.69) is 162 Å². The molecule has 2 radical (unpaired) electrons. The minimum absolute atomic E-state index is 0. The summed E-state index contributed by atoms with van der Waals surface area (Å²) < 4.78 is 0. The predicted molar refractivity (Wildman–Crippen MR) is 204 cm³/mol. The van der Waals surface area contributed by atoms with Crippen molar-refractivity contribution >= 4 is 64.0 Å². The van der Waals surface area contributed by atoms with Crippen LogP contribution in [0.15, 0.2) is 127 Å². The molecule has 0 aromatic heterocycles. The summed E-state index contributed by atoms with van der Waals surface area (Å²) in [4.78, 5) is 0. The summed E-state index contributed by atoms with van der Waals surface area (Å²) in [7, 11) is 0. The van der Waals surface area contributed by atoms with Gasteiger partial charge in [0.05, 0.1) is 0 Å². The van der Waals surface area contributed by atoms with E-state index in [0.29, 0.717) is 5.92 Å². The van der Waals surface area contributed by atoms with Crippen LogP contribution in [0.2, 0.25) is 0 Å². The van der Waals surface area contributed by atoms with Gasteiger partial charge in [-0.3, -0.25) is 0 Å². The molecule has 7 aromatic carbocycles. The van der Waals surface area contributed by atoms with E-state index in [4.69, 9.17) is 0 Å². The third-order valence-electron chi connectivity index (χ3n) is 7.83. The third kappa shape index (κ3) is 8.96. The fourth-order valence-corrected chi connectivity index (χ4v) is 5.66. The molecule has 7 aromatic rings. The van der Waals surface area contributed by atoms with E-state index in [1.54, 1.807) is 0 Å². The molecular weight excluding hydrogens is 683 g/mol. The maximum absolute atomic E-state index is 3.06. The van der Waals surface area contributed by atoms with Gasteiger partial charge in [-0.05, 0) is 33.9 Å². The Balaban J connectivity index is 0.000000397. The van der Waals surface area contributed by atoms with Gasteiger partial charge in [0, 0.05) is 0 Å². The SMILES string of the molecule is CC(C)c1cc2c(-c3ccccc3)cccc2[cH-]1.Cc1cc2c(-c3ccc4ccccc4c3)ccc(C)c2[cH-]1.Cl.Cl.[CH3-].[CH3-].[Si]=[Zr]. The molecule has 232 valence electrons. The number of hydrogen-bond donors (Lipinski definition) is 0. The van der Waals surface area contributed by atoms with Crippen molar-refractivity contribution in [1.29, 1.82) is 0 Å². The van der Waals surface area contributed by atoms with Gasteiger partial charge in [0.2, 0.25) is 0 Å². The second-order valence-corrected chi connectivity index (χ2v) is 11.0. The Morgan fingerprint density at radius 2 is 1.22 bits per heavy atom. The van der Waals surface area contributed by atoms with Gasteiger partial charge in [0.15, 0.2) is 0 Å². The van der Waals surface area contributed by atoms with Gasteiger partial charge in [-0.2, -0.15) is 12.1 Å². The van der Waals surface area contributed by atoms with E-state index in [1.165, 1.54) is 94.6 Å². The Hall–Kier alpha value is -2.74. The van der Waals surface area contributed by atoms with Gasteiger partial charge in [-0.25, -0.2) is 0 Å². The molecule has 0 fully saturated rings. The Morgan fingerprint density at radius 1 is 0.578 bits per heavy atom. The number of halogens is 2. The van der Waals surface area contributed by atoms with Gasteiger partial charge >= 0.3 is 30.2 Å². The number of hydrogen-bond acceptors (Lipinski definition) is 0. The average Bonchev–Trinajstić information content (AvgIpc) is 3.63. The molecule has 0 amide bonds. The van der Waals surface area contributed by atoms with Crippen molar-refractivity contribution in [3.05, 3.63) is 159 Å². The molecular formula is C41H42Cl2SiZr-4. The molecule has 7 rings (SSSR count). The van der Waals surface area contributed by atoms with E-state index < -0.39 is 0 Å². The maximum atomic E-state index is 3.06. The summed E-state index contributed by atoms with van der Waals surface area (Å²) in [6.07, 6.45) is 0. The quantitative estimate of drug-likeness (QED) is 0.126. The summed E-state index contributed by atoms with van der Waals surface area (Å²) in [5.41, 5.74) is 9.36. The van der Waals surface area contributed by atoms with Gasteiger partial charge < -0.3 is 14.9 Å². The molecule has 0 saturated carbocycles. The Kier molecular flexibility index (Phi) is 16.5. The number of rotatable bonds is 3. The molecule has 0 aliphatic carbocycles. The summed E-state index contributed by atoms with van der Waals surface area (Å²) >= 11 is 1.36. The van der Waals surface area contributed by atoms with E-state index in [-0.39, 0.29) is 39.7 Å². The summed E-state index contributed by atoms with van der Waals surface area (Å²) in [6, 6.07) is 46.2. The second-order valence-electron chi connectivity index (χ2n) is 11.0. The van der Waals surface area contributed by atoms with Gasteiger partial charge in [0.25, 0.3) is 0 Å². The van der Waals surface area contributed by atoms with E-state index in [0.717, 1.165) is 0 Å². The molecule has 4 heteroatoms. The van der Waals surface area contributed by atoms with Crippen LogP contribution in [-0.2, 0) is 23.3 Å². The molecule has 0 nitrogen and oxygen atoms in total. The second kappa shape index (κ2) is 18.4. The predicted octanol–water partition coefficient (Wildman–Crippen LogP) is 12.7. The zero-order chi connectivity index (χ0) is 28.9. The topological polar surface area (TPSA) is 0 Å². The summed E-state index contributed by atoms with van der Waals surface area (Å²) in [5, 5.41) is 8.05. The molecule has 0 bridgehead atoms. The Morgan fingerprint density at radius 3 is 1.91 bits per heavy atom. The Labute approximate surface area is 300 Å². The fraction of sp³-hybridized carbons (Fsp3) is 0.122. The average molecular weight is 725 g/mol. The van der Waals surface area contributed by atoms with Crippen LogP contribution in [0.5, 0.6) is 0 Å². The number of fused-ring (bicyclic) bond motifs is 3. The molecule has 45 heavy (non-hydrogen) atoms. The van der Waals surface area contributed by atoms with Crippen LogP contribution >= 0.6 is 24.8 Å². The van der Waals surface area contributed by atoms with Crippen LogP contribution in [0, 0.1) is 28.7 Å². The van der Waals surface area contributed by atoms with Crippen LogP contribution in [0.3, 0.4) is 0 Å². The molecule has 0 spiro atoms. The molecule has 0 atom stereocenters. The van der Waals surface area contributed by atoms with Crippen LogP contribution in [0.25, 0.3) is 54.6 Å². The zero-order valence-electron chi connectivity index (χ0n) is 27.0. The fourth-order valence-electron chi connectivity index (χ4n) is 5.66. The van der Waals surface area contributed by atoms with Crippen LogP contribution < -0.4 is 0 Å².